The van der Waals surface area contributed by atoms with Gasteiger partial charge in [-0.3, -0.25) is 0 Å². The van der Waals surface area contributed by atoms with Crippen molar-refractivity contribution in [2.24, 2.45) is 13.0 Å². The fourth-order valence-corrected chi connectivity index (χ4v) is 4.63. The van der Waals surface area contributed by atoms with E-state index in [1.807, 2.05) is 19.4 Å². The first-order valence-corrected chi connectivity index (χ1v) is 10.5. The molecule has 0 aliphatic carbocycles. The largest absolute Gasteiger partial charge is 0.336 e. The maximum absolute atomic E-state index is 4.58. The normalized spacial score (nSPS) is 15.8. The minimum absolute atomic E-state index is 0.503. The van der Waals surface area contributed by atoms with Crippen LogP contribution in [0.15, 0.2) is 42.9 Å². The number of rotatable bonds is 1. The highest BCUT2D eigenvalue weighted by molar-refractivity contribution is 7.15. The first-order chi connectivity index (χ1) is 13.7. The standard InChI is InChI=1S/C23H22N4S/c1-26-10-7-16(8-11-26)3-6-22-24-15-21(28-22)17-4-5-18-14-25-23-19(20(18)13-17)9-12-27(23)2/h4-5,9,12-16H,7-8,10-11H2,1-2H3. The van der Waals surface area contributed by atoms with Crippen molar-refractivity contribution in [3.8, 4) is 22.3 Å². The zero-order valence-electron chi connectivity index (χ0n) is 16.1. The van der Waals surface area contributed by atoms with Crippen LogP contribution in [0.5, 0.6) is 0 Å². The van der Waals surface area contributed by atoms with Crippen molar-refractivity contribution in [2.45, 2.75) is 12.8 Å². The third-order valence-corrected chi connectivity index (χ3v) is 6.56. The highest BCUT2D eigenvalue weighted by Crippen LogP contribution is 2.31. The smallest absolute Gasteiger partial charge is 0.167 e. The van der Waals surface area contributed by atoms with Gasteiger partial charge in [-0.1, -0.05) is 18.1 Å². The summed E-state index contributed by atoms with van der Waals surface area (Å²) in [5, 5.41) is 4.49. The van der Waals surface area contributed by atoms with Gasteiger partial charge in [-0.25, -0.2) is 9.97 Å². The Hall–Kier alpha value is -2.68. The molecular weight excluding hydrogens is 364 g/mol. The van der Waals surface area contributed by atoms with Crippen molar-refractivity contribution in [2.75, 3.05) is 20.1 Å². The van der Waals surface area contributed by atoms with E-state index in [0.29, 0.717) is 5.92 Å². The SMILES string of the molecule is CN1CCC(C#Cc2ncc(-c3ccc4cnc5c(ccn5C)c4c3)s2)CC1. The minimum atomic E-state index is 0.503. The molecule has 1 aliphatic heterocycles. The number of aryl methyl sites for hydroxylation is 1. The molecule has 0 bridgehead atoms. The quantitative estimate of drug-likeness (QED) is 0.450. The molecular formula is C23H22N4S. The van der Waals surface area contributed by atoms with Crippen LogP contribution in [0, 0.1) is 17.8 Å². The molecule has 0 radical (unpaired) electrons. The van der Waals surface area contributed by atoms with Crippen LogP contribution in [-0.2, 0) is 7.05 Å². The molecule has 1 aliphatic rings. The fourth-order valence-electron chi connectivity index (χ4n) is 3.86. The first-order valence-electron chi connectivity index (χ1n) is 9.67. The van der Waals surface area contributed by atoms with E-state index in [1.165, 1.54) is 16.3 Å². The van der Waals surface area contributed by atoms with Gasteiger partial charge >= 0.3 is 0 Å². The van der Waals surface area contributed by atoms with Crippen LogP contribution in [-0.4, -0.2) is 39.6 Å². The van der Waals surface area contributed by atoms with Crippen LogP contribution in [0.3, 0.4) is 0 Å². The van der Waals surface area contributed by atoms with Crippen molar-refractivity contribution in [1.82, 2.24) is 19.4 Å². The van der Waals surface area contributed by atoms with Gasteiger partial charge in [0.05, 0.1) is 4.88 Å². The number of hydrogen-bond donors (Lipinski definition) is 0. The number of hydrogen-bond acceptors (Lipinski definition) is 4. The number of fused-ring (bicyclic) bond motifs is 3. The van der Waals surface area contributed by atoms with Gasteiger partial charge in [0.2, 0.25) is 0 Å². The van der Waals surface area contributed by atoms with E-state index in [-0.39, 0.29) is 0 Å². The predicted octanol–water partition coefficient (Wildman–Crippen LogP) is 4.54. The zero-order chi connectivity index (χ0) is 19.1. The maximum Gasteiger partial charge on any atom is 0.167 e. The number of aromatic nitrogens is 3. The van der Waals surface area contributed by atoms with E-state index in [0.717, 1.165) is 46.8 Å². The summed E-state index contributed by atoms with van der Waals surface area (Å²) in [6.45, 7) is 2.28. The lowest BCUT2D eigenvalue weighted by Gasteiger charge is -2.25. The fraction of sp³-hybridized carbons (Fsp3) is 0.304. The van der Waals surface area contributed by atoms with Gasteiger partial charge in [0.25, 0.3) is 0 Å². The highest BCUT2D eigenvalue weighted by Gasteiger charge is 2.14. The molecule has 5 rings (SSSR count). The number of benzene rings is 1. The van der Waals surface area contributed by atoms with E-state index >= 15 is 0 Å². The summed E-state index contributed by atoms with van der Waals surface area (Å²) in [5.74, 6) is 7.26. The molecule has 1 aromatic carbocycles. The lowest BCUT2D eigenvalue weighted by Crippen LogP contribution is -2.29. The summed E-state index contributed by atoms with van der Waals surface area (Å²) in [7, 11) is 4.21. The Labute approximate surface area is 168 Å². The average Bonchev–Trinajstić information content (AvgIpc) is 3.34. The van der Waals surface area contributed by atoms with E-state index in [4.69, 9.17) is 0 Å². The van der Waals surface area contributed by atoms with Crippen molar-refractivity contribution in [3.63, 3.8) is 0 Å². The molecule has 1 saturated heterocycles. The topological polar surface area (TPSA) is 34.0 Å². The second-order valence-corrected chi connectivity index (χ2v) is 8.63. The maximum atomic E-state index is 4.58. The van der Waals surface area contributed by atoms with Gasteiger partial charge in [-0.15, -0.1) is 11.3 Å². The Morgan fingerprint density at radius 2 is 1.89 bits per heavy atom. The summed E-state index contributed by atoms with van der Waals surface area (Å²) in [5.41, 5.74) is 2.20. The molecule has 4 heterocycles. The average molecular weight is 387 g/mol. The number of nitrogens with zero attached hydrogens (tertiary/aromatic N) is 4. The summed E-state index contributed by atoms with van der Waals surface area (Å²) < 4.78 is 2.06. The molecule has 0 spiro atoms. The van der Waals surface area contributed by atoms with E-state index in [9.17, 15) is 0 Å². The van der Waals surface area contributed by atoms with Crippen LogP contribution in [0.25, 0.3) is 32.2 Å². The van der Waals surface area contributed by atoms with Gasteiger partial charge in [0, 0.05) is 42.3 Å². The molecule has 1 fully saturated rings. The van der Waals surface area contributed by atoms with Crippen molar-refractivity contribution < 1.29 is 0 Å². The molecule has 0 amide bonds. The third-order valence-electron chi connectivity index (χ3n) is 5.60. The van der Waals surface area contributed by atoms with Gasteiger partial charge in [0.1, 0.15) is 5.65 Å². The molecule has 0 N–H and O–H groups in total. The number of likely N-dealkylation sites (tertiary alicyclic amines) is 1. The Morgan fingerprint density at radius 1 is 1.04 bits per heavy atom. The Bertz CT molecular complexity index is 1220. The van der Waals surface area contributed by atoms with Crippen molar-refractivity contribution in [1.29, 1.82) is 0 Å². The molecule has 3 aromatic heterocycles. The highest BCUT2D eigenvalue weighted by atomic mass is 32.1. The lowest BCUT2D eigenvalue weighted by molar-refractivity contribution is 0.248. The predicted molar refractivity (Wildman–Crippen MR) is 116 cm³/mol. The molecule has 4 aromatic rings. The van der Waals surface area contributed by atoms with Crippen LogP contribution in [0.2, 0.25) is 0 Å². The lowest BCUT2D eigenvalue weighted by atomic mass is 9.98. The monoisotopic (exact) mass is 386 g/mol. The van der Waals surface area contributed by atoms with Crippen LogP contribution in [0.1, 0.15) is 17.8 Å². The van der Waals surface area contributed by atoms with E-state index in [1.54, 1.807) is 11.3 Å². The van der Waals surface area contributed by atoms with E-state index in [2.05, 4.69) is 68.8 Å². The van der Waals surface area contributed by atoms with Gasteiger partial charge in [-0.05, 0) is 62.0 Å². The molecule has 4 nitrogen and oxygen atoms in total. The molecule has 0 unspecified atom stereocenters. The second kappa shape index (κ2) is 7.05. The van der Waals surface area contributed by atoms with Crippen molar-refractivity contribution >= 4 is 33.1 Å². The first kappa shape index (κ1) is 17.4. The Balaban J connectivity index is 1.45. The minimum Gasteiger partial charge on any atom is -0.336 e. The Kier molecular flexibility index (Phi) is 4.38. The van der Waals surface area contributed by atoms with Gasteiger partial charge in [-0.2, -0.15) is 0 Å². The summed E-state index contributed by atoms with van der Waals surface area (Å²) >= 11 is 1.68. The summed E-state index contributed by atoms with van der Waals surface area (Å²) in [6, 6.07) is 8.69. The Morgan fingerprint density at radius 3 is 2.75 bits per heavy atom. The van der Waals surface area contributed by atoms with E-state index < -0.39 is 0 Å². The number of pyridine rings is 1. The second-order valence-electron chi connectivity index (χ2n) is 7.60. The summed E-state index contributed by atoms with van der Waals surface area (Å²) in [4.78, 5) is 12.7. The van der Waals surface area contributed by atoms with Crippen LogP contribution >= 0.6 is 11.3 Å². The van der Waals surface area contributed by atoms with Crippen LogP contribution in [0.4, 0.5) is 0 Å². The summed E-state index contributed by atoms with van der Waals surface area (Å²) in [6.07, 6.45) is 8.29. The molecule has 5 heteroatoms. The molecule has 0 atom stereocenters. The van der Waals surface area contributed by atoms with Gasteiger partial charge < -0.3 is 9.47 Å². The number of thiazole rings is 1. The molecule has 140 valence electrons. The molecule has 28 heavy (non-hydrogen) atoms. The van der Waals surface area contributed by atoms with Crippen LogP contribution < -0.4 is 0 Å². The zero-order valence-corrected chi connectivity index (χ0v) is 17.0. The third kappa shape index (κ3) is 3.19. The van der Waals surface area contributed by atoms with Crippen molar-refractivity contribution in [3.05, 3.63) is 47.9 Å². The number of piperidine rings is 1. The molecule has 0 saturated carbocycles. The van der Waals surface area contributed by atoms with Gasteiger partial charge in [0.15, 0.2) is 5.01 Å².